The Labute approximate surface area is 98.3 Å². The van der Waals surface area contributed by atoms with Crippen molar-refractivity contribution in [1.82, 2.24) is 5.32 Å². The molecule has 0 saturated carbocycles. The fraction of sp³-hybridized carbons (Fsp3) is 0.231. The molecule has 90 valence electrons. The molecule has 0 aliphatic rings. The highest BCUT2D eigenvalue weighted by atomic mass is 19.1. The molecule has 0 aliphatic carbocycles. The summed E-state index contributed by atoms with van der Waals surface area (Å²) < 4.78 is 32.8. The van der Waals surface area contributed by atoms with E-state index in [-0.39, 0.29) is 11.3 Å². The highest BCUT2D eigenvalue weighted by Crippen LogP contribution is 2.29. The first-order valence-electron chi connectivity index (χ1n) is 5.31. The zero-order valence-electron chi connectivity index (χ0n) is 9.68. The van der Waals surface area contributed by atoms with Gasteiger partial charge < -0.3 is 9.73 Å². The minimum atomic E-state index is -0.613. The lowest BCUT2D eigenvalue weighted by Gasteiger charge is -2.04. The fourth-order valence-electron chi connectivity index (χ4n) is 1.66. The highest BCUT2D eigenvalue weighted by Gasteiger charge is 2.16. The maximum absolute atomic E-state index is 13.8. The van der Waals surface area contributed by atoms with Crippen LogP contribution < -0.4 is 5.32 Å². The standard InChI is InChI=1S/C13H13F2NO/c1-8-3-5-10(14)12(13(8)15)11-6-4-9(17-11)7-16-2/h3-6,16H,7H2,1-2H3. The van der Waals surface area contributed by atoms with Gasteiger partial charge in [0.15, 0.2) is 0 Å². The number of aryl methyl sites for hydroxylation is 1. The third-order valence-corrected chi connectivity index (χ3v) is 2.54. The van der Waals surface area contributed by atoms with Gasteiger partial charge in [-0.25, -0.2) is 8.78 Å². The topological polar surface area (TPSA) is 25.2 Å². The molecule has 0 radical (unpaired) electrons. The van der Waals surface area contributed by atoms with Crippen LogP contribution in [0.25, 0.3) is 11.3 Å². The average molecular weight is 237 g/mol. The summed E-state index contributed by atoms with van der Waals surface area (Å²) >= 11 is 0. The minimum absolute atomic E-state index is 0.104. The molecule has 0 atom stereocenters. The molecule has 1 heterocycles. The van der Waals surface area contributed by atoms with E-state index in [0.29, 0.717) is 17.9 Å². The number of rotatable bonds is 3. The molecule has 0 amide bonds. The number of benzene rings is 1. The number of hydrogen-bond donors (Lipinski definition) is 1. The molecule has 2 aromatic rings. The van der Waals surface area contributed by atoms with Crippen molar-refractivity contribution in [3.05, 3.63) is 47.2 Å². The summed E-state index contributed by atoms with van der Waals surface area (Å²) in [5.41, 5.74) is 0.292. The summed E-state index contributed by atoms with van der Waals surface area (Å²) in [7, 11) is 1.77. The molecule has 0 unspecified atom stereocenters. The Hall–Kier alpha value is -1.68. The summed E-state index contributed by atoms with van der Waals surface area (Å²) in [6, 6.07) is 5.93. The first-order chi connectivity index (χ1) is 8.13. The molecule has 0 spiro atoms. The Bertz CT molecular complexity index is 534. The van der Waals surface area contributed by atoms with Gasteiger partial charge in [0.1, 0.15) is 23.2 Å². The van der Waals surface area contributed by atoms with Gasteiger partial charge >= 0.3 is 0 Å². The predicted octanol–water partition coefficient (Wildman–Crippen LogP) is 3.25. The summed E-state index contributed by atoms with van der Waals surface area (Å²) in [6.07, 6.45) is 0. The van der Waals surface area contributed by atoms with Crippen molar-refractivity contribution in [2.24, 2.45) is 0 Å². The Morgan fingerprint density at radius 1 is 1.18 bits per heavy atom. The van der Waals surface area contributed by atoms with Gasteiger partial charge in [-0.15, -0.1) is 0 Å². The molecule has 0 bridgehead atoms. The number of furan rings is 1. The van der Waals surface area contributed by atoms with E-state index in [9.17, 15) is 8.78 Å². The molecule has 0 fully saturated rings. The van der Waals surface area contributed by atoms with Gasteiger partial charge in [-0.3, -0.25) is 0 Å². The van der Waals surface area contributed by atoms with E-state index in [4.69, 9.17) is 4.42 Å². The molecular weight excluding hydrogens is 224 g/mol. The van der Waals surface area contributed by atoms with Gasteiger partial charge in [-0.05, 0) is 37.7 Å². The number of halogens is 2. The Morgan fingerprint density at radius 2 is 1.94 bits per heavy atom. The maximum Gasteiger partial charge on any atom is 0.140 e. The van der Waals surface area contributed by atoms with Crippen LogP contribution in [0.3, 0.4) is 0 Å². The van der Waals surface area contributed by atoms with E-state index < -0.39 is 11.6 Å². The quantitative estimate of drug-likeness (QED) is 0.886. The lowest BCUT2D eigenvalue weighted by Crippen LogP contribution is -2.03. The van der Waals surface area contributed by atoms with Gasteiger partial charge in [-0.1, -0.05) is 6.07 Å². The zero-order chi connectivity index (χ0) is 12.4. The third kappa shape index (κ3) is 2.22. The zero-order valence-corrected chi connectivity index (χ0v) is 9.68. The molecule has 4 heteroatoms. The molecule has 0 aliphatic heterocycles. The van der Waals surface area contributed by atoms with Gasteiger partial charge in [0.05, 0.1) is 12.1 Å². The number of hydrogen-bond acceptors (Lipinski definition) is 2. The molecule has 2 nitrogen and oxygen atoms in total. The van der Waals surface area contributed by atoms with Crippen LogP contribution in [-0.2, 0) is 6.54 Å². The molecule has 1 aromatic heterocycles. The predicted molar refractivity (Wildman–Crippen MR) is 61.6 cm³/mol. The maximum atomic E-state index is 13.8. The van der Waals surface area contributed by atoms with Crippen LogP contribution >= 0.6 is 0 Å². The normalized spacial score (nSPS) is 10.8. The van der Waals surface area contributed by atoms with Crippen molar-refractivity contribution in [1.29, 1.82) is 0 Å². The van der Waals surface area contributed by atoms with Gasteiger partial charge in [0, 0.05) is 0 Å². The molecule has 1 aromatic carbocycles. The van der Waals surface area contributed by atoms with Gasteiger partial charge in [-0.2, -0.15) is 0 Å². The van der Waals surface area contributed by atoms with Crippen LogP contribution in [-0.4, -0.2) is 7.05 Å². The molecule has 0 saturated heterocycles. The van der Waals surface area contributed by atoms with Crippen LogP contribution in [0, 0.1) is 18.6 Å². The lowest BCUT2D eigenvalue weighted by molar-refractivity contribution is 0.496. The van der Waals surface area contributed by atoms with Crippen LogP contribution in [0.4, 0.5) is 8.78 Å². The van der Waals surface area contributed by atoms with Gasteiger partial charge in [0.25, 0.3) is 0 Å². The second kappa shape index (κ2) is 4.67. The Kier molecular flexibility index (Phi) is 3.24. The van der Waals surface area contributed by atoms with Crippen LogP contribution in [0.15, 0.2) is 28.7 Å². The van der Waals surface area contributed by atoms with E-state index in [0.717, 1.165) is 0 Å². The van der Waals surface area contributed by atoms with Crippen molar-refractivity contribution >= 4 is 0 Å². The Morgan fingerprint density at radius 3 is 2.65 bits per heavy atom. The SMILES string of the molecule is CNCc1ccc(-c2c(F)ccc(C)c2F)o1. The summed E-state index contributed by atoms with van der Waals surface area (Å²) in [4.78, 5) is 0. The third-order valence-electron chi connectivity index (χ3n) is 2.54. The number of nitrogens with one attached hydrogen (secondary N) is 1. The minimum Gasteiger partial charge on any atom is -0.460 e. The first kappa shape index (κ1) is 11.8. The van der Waals surface area contributed by atoms with Crippen LogP contribution in [0.2, 0.25) is 0 Å². The fourth-order valence-corrected chi connectivity index (χ4v) is 1.66. The first-order valence-corrected chi connectivity index (χ1v) is 5.31. The molecule has 17 heavy (non-hydrogen) atoms. The van der Waals surface area contributed by atoms with Gasteiger partial charge in [0.2, 0.25) is 0 Å². The van der Waals surface area contributed by atoms with Crippen molar-refractivity contribution in [2.75, 3.05) is 7.05 Å². The van der Waals surface area contributed by atoms with Crippen LogP contribution in [0.5, 0.6) is 0 Å². The highest BCUT2D eigenvalue weighted by molar-refractivity contribution is 5.60. The van der Waals surface area contributed by atoms with E-state index in [1.54, 1.807) is 26.1 Å². The van der Waals surface area contributed by atoms with Crippen LogP contribution in [0.1, 0.15) is 11.3 Å². The summed E-state index contributed by atoms with van der Waals surface area (Å²) in [5.74, 6) is -0.328. The molecular formula is C13H13F2NO. The monoisotopic (exact) mass is 237 g/mol. The van der Waals surface area contributed by atoms with Crippen molar-refractivity contribution < 1.29 is 13.2 Å². The molecule has 2 rings (SSSR count). The van der Waals surface area contributed by atoms with Crippen molar-refractivity contribution in [3.8, 4) is 11.3 Å². The molecule has 1 N–H and O–H groups in total. The lowest BCUT2D eigenvalue weighted by atomic mass is 10.1. The van der Waals surface area contributed by atoms with E-state index in [1.165, 1.54) is 12.1 Å². The Balaban J connectivity index is 2.48. The second-order valence-corrected chi connectivity index (χ2v) is 3.85. The van der Waals surface area contributed by atoms with Crippen molar-refractivity contribution in [2.45, 2.75) is 13.5 Å². The van der Waals surface area contributed by atoms with E-state index >= 15 is 0 Å². The second-order valence-electron chi connectivity index (χ2n) is 3.85. The average Bonchev–Trinajstić information content (AvgIpc) is 2.73. The summed E-state index contributed by atoms with van der Waals surface area (Å²) in [5, 5.41) is 2.91. The van der Waals surface area contributed by atoms with E-state index in [2.05, 4.69) is 5.32 Å². The van der Waals surface area contributed by atoms with Crippen molar-refractivity contribution in [3.63, 3.8) is 0 Å². The smallest absolute Gasteiger partial charge is 0.140 e. The summed E-state index contributed by atoms with van der Waals surface area (Å²) in [6.45, 7) is 2.12. The largest absolute Gasteiger partial charge is 0.460 e. The van der Waals surface area contributed by atoms with E-state index in [1.807, 2.05) is 0 Å².